The normalized spacial score (nSPS) is 16.3. The van der Waals surface area contributed by atoms with Crippen LogP contribution in [0.1, 0.15) is 99.9 Å². The van der Waals surface area contributed by atoms with Crippen molar-refractivity contribution in [1.82, 2.24) is 0 Å². The van der Waals surface area contributed by atoms with Gasteiger partial charge in [0.1, 0.15) is 28.9 Å². The van der Waals surface area contributed by atoms with Gasteiger partial charge in [0, 0.05) is 22.8 Å². The van der Waals surface area contributed by atoms with Crippen molar-refractivity contribution in [1.29, 1.82) is 0 Å². The smallest absolute Gasteiger partial charge is 0.174 e. The van der Waals surface area contributed by atoms with Crippen LogP contribution in [-0.4, -0.2) is 47.6 Å². The number of ketones is 1. The molecule has 0 aliphatic carbocycles. The van der Waals surface area contributed by atoms with E-state index in [9.17, 15) is 35.4 Å². The van der Waals surface area contributed by atoms with Gasteiger partial charge in [0.05, 0.1) is 17.6 Å². The van der Waals surface area contributed by atoms with Crippen LogP contribution >= 0.6 is 0 Å². The molecule has 2 aromatic rings. The number of phenolic OH excluding ortho intramolecular Hbond substituents is 4. The fourth-order valence-electron chi connectivity index (χ4n) is 4.68. The summed E-state index contributed by atoms with van der Waals surface area (Å²) in [5, 5.41) is 62.1. The van der Waals surface area contributed by atoms with E-state index < -0.39 is 17.3 Å². The summed E-state index contributed by atoms with van der Waals surface area (Å²) in [5.41, 5.74) is 0.402. The van der Waals surface area contributed by atoms with Gasteiger partial charge in [-0.05, 0) is 79.2 Å². The van der Waals surface area contributed by atoms with Crippen molar-refractivity contribution in [3.05, 3.63) is 52.1 Å². The number of rotatable bonds is 10. The fraction of sp³-hybridized carbons (Fsp3) is 0.500. The molecule has 2 aromatic carbocycles. The Morgan fingerprint density at radius 3 is 2.26 bits per heavy atom. The number of hydrogen-bond donors (Lipinski definition) is 6. The van der Waals surface area contributed by atoms with Gasteiger partial charge in [0.25, 0.3) is 0 Å². The zero-order valence-corrected chi connectivity index (χ0v) is 22.8. The van der Waals surface area contributed by atoms with E-state index in [0.29, 0.717) is 17.5 Å². The number of fused-ring (bicyclic) bond motifs is 1. The number of ether oxygens (including phenoxy) is 1. The first-order valence-corrected chi connectivity index (χ1v) is 13.0. The molecule has 0 unspecified atom stereocenters. The first-order chi connectivity index (χ1) is 17.6. The minimum absolute atomic E-state index is 0.0168. The lowest BCUT2D eigenvalue weighted by molar-refractivity contribution is 0.0687. The lowest BCUT2D eigenvalue weighted by atomic mass is 9.89. The topological polar surface area (TPSA) is 148 Å². The van der Waals surface area contributed by atoms with E-state index in [4.69, 9.17) is 4.74 Å². The minimum Gasteiger partial charge on any atom is -0.507 e. The second-order valence-corrected chi connectivity index (χ2v) is 11.6. The van der Waals surface area contributed by atoms with E-state index in [-0.39, 0.29) is 71.3 Å². The molecule has 1 aliphatic heterocycles. The van der Waals surface area contributed by atoms with Crippen LogP contribution in [0.25, 0.3) is 0 Å². The average Bonchev–Trinajstić information content (AvgIpc) is 2.77. The molecule has 0 radical (unpaired) electrons. The summed E-state index contributed by atoms with van der Waals surface area (Å²) in [6.45, 7) is 8.73. The molecule has 8 heteroatoms. The molecule has 0 saturated carbocycles. The Bertz CT molecular complexity index is 1210. The number of phenols is 4. The molecule has 0 saturated heterocycles. The molecule has 1 heterocycles. The third-order valence-corrected chi connectivity index (χ3v) is 6.91. The Balaban J connectivity index is 1.88. The van der Waals surface area contributed by atoms with Crippen molar-refractivity contribution in [2.45, 2.75) is 96.9 Å². The first kappa shape index (κ1) is 29.3. The number of aliphatic hydroxyl groups is 2. The van der Waals surface area contributed by atoms with Crippen molar-refractivity contribution in [3.8, 4) is 28.7 Å². The average molecular weight is 529 g/mol. The zero-order chi connectivity index (χ0) is 28.4. The summed E-state index contributed by atoms with van der Waals surface area (Å²) in [6, 6.07) is 4.24. The van der Waals surface area contributed by atoms with Gasteiger partial charge in [-0.3, -0.25) is 4.79 Å². The highest BCUT2D eigenvalue weighted by Crippen LogP contribution is 2.47. The molecule has 3 rings (SSSR count). The van der Waals surface area contributed by atoms with Crippen LogP contribution in [0.15, 0.2) is 29.8 Å². The Kier molecular flexibility index (Phi) is 8.68. The summed E-state index contributed by atoms with van der Waals surface area (Å²) >= 11 is 0. The van der Waals surface area contributed by atoms with Crippen LogP contribution in [0.3, 0.4) is 0 Å². The Morgan fingerprint density at radius 2 is 1.63 bits per heavy atom. The van der Waals surface area contributed by atoms with E-state index in [2.05, 4.69) is 0 Å². The third kappa shape index (κ3) is 7.20. The number of aromatic hydroxyl groups is 4. The molecule has 0 fully saturated rings. The van der Waals surface area contributed by atoms with Crippen LogP contribution < -0.4 is 4.74 Å². The van der Waals surface area contributed by atoms with Crippen LogP contribution in [0.5, 0.6) is 28.7 Å². The van der Waals surface area contributed by atoms with Crippen LogP contribution in [0.2, 0.25) is 0 Å². The van der Waals surface area contributed by atoms with Gasteiger partial charge in [-0.1, -0.05) is 17.7 Å². The number of allylic oxidation sites excluding steroid dienone is 2. The van der Waals surface area contributed by atoms with Crippen molar-refractivity contribution in [2.24, 2.45) is 0 Å². The summed E-state index contributed by atoms with van der Waals surface area (Å²) in [6.07, 6.45) is 3.96. The molecule has 0 amide bonds. The maximum absolute atomic E-state index is 13.2. The molecular weight excluding hydrogens is 488 g/mol. The molecule has 1 aliphatic rings. The predicted octanol–water partition coefficient (Wildman–Crippen LogP) is 5.35. The molecule has 1 atom stereocenters. The van der Waals surface area contributed by atoms with E-state index >= 15 is 0 Å². The van der Waals surface area contributed by atoms with Gasteiger partial charge in [-0.2, -0.15) is 0 Å². The minimum atomic E-state index is -1.01. The van der Waals surface area contributed by atoms with Crippen molar-refractivity contribution < 1.29 is 40.2 Å². The SMILES string of the molecule is CC(=CCc1c([C@@H]2CC(=O)c3c(cc(O)c(CCC(C)(C)O)c3O)O2)ccc(O)c1O)CCCC(C)(C)O. The van der Waals surface area contributed by atoms with Gasteiger partial charge < -0.3 is 35.4 Å². The third-order valence-electron chi connectivity index (χ3n) is 6.91. The summed E-state index contributed by atoms with van der Waals surface area (Å²) < 4.78 is 6.06. The van der Waals surface area contributed by atoms with Crippen LogP contribution in [-0.2, 0) is 12.8 Å². The fourth-order valence-corrected chi connectivity index (χ4v) is 4.68. The summed E-state index contributed by atoms with van der Waals surface area (Å²) in [7, 11) is 0. The standard InChI is InChI=1S/C30H40O8/c1-17(7-6-13-29(2,3)36)8-9-19-18(10-11-21(31)27(19)34)24-16-23(33)26-25(38-24)15-22(32)20(28(26)35)12-14-30(4,5)37/h8,10-11,15,24,31-32,34-37H,6-7,9,12-14,16H2,1-5H3/t24-/m0/s1. The van der Waals surface area contributed by atoms with Gasteiger partial charge in [0.15, 0.2) is 17.3 Å². The van der Waals surface area contributed by atoms with Gasteiger partial charge >= 0.3 is 0 Å². The van der Waals surface area contributed by atoms with Crippen molar-refractivity contribution >= 4 is 5.78 Å². The zero-order valence-electron chi connectivity index (χ0n) is 22.8. The largest absolute Gasteiger partial charge is 0.507 e. The van der Waals surface area contributed by atoms with Gasteiger partial charge in [-0.25, -0.2) is 0 Å². The Labute approximate surface area is 223 Å². The molecule has 208 valence electrons. The predicted molar refractivity (Wildman–Crippen MR) is 144 cm³/mol. The summed E-state index contributed by atoms with van der Waals surface area (Å²) in [4.78, 5) is 13.2. The number of benzene rings is 2. The molecule has 0 spiro atoms. The second kappa shape index (κ2) is 11.3. The van der Waals surface area contributed by atoms with Crippen molar-refractivity contribution in [2.75, 3.05) is 0 Å². The maximum atomic E-state index is 13.2. The lowest BCUT2D eigenvalue weighted by Crippen LogP contribution is -2.22. The van der Waals surface area contributed by atoms with E-state index in [1.165, 1.54) is 12.1 Å². The van der Waals surface area contributed by atoms with E-state index in [0.717, 1.165) is 18.4 Å². The number of carbonyl (C=O) groups is 1. The molecule has 8 nitrogen and oxygen atoms in total. The molecule has 0 aromatic heterocycles. The highest BCUT2D eigenvalue weighted by atomic mass is 16.5. The van der Waals surface area contributed by atoms with E-state index in [1.54, 1.807) is 33.8 Å². The van der Waals surface area contributed by atoms with Crippen LogP contribution in [0, 0.1) is 0 Å². The highest BCUT2D eigenvalue weighted by molar-refractivity contribution is 6.03. The second-order valence-electron chi connectivity index (χ2n) is 11.6. The van der Waals surface area contributed by atoms with Gasteiger partial charge in [-0.15, -0.1) is 0 Å². The summed E-state index contributed by atoms with van der Waals surface area (Å²) in [5.74, 6) is -1.52. The molecule has 0 bridgehead atoms. The first-order valence-electron chi connectivity index (χ1n) is 13.0. The van der Waals surface area contributed by atoms with E-state index in [1.807, 2.05) is 13.0 Å². The lowest BCUT2D eigenvalue weighted by Gasteiger charge is -2.29. The molecule has 38 heavy (non-hydrogen) atoms. The van der Waals surface area contributed by atoms with Crippen LogP contribution in [0.4, 0.5) is 0 Å². The molecule has 6 N–H and O–H groups in total. The Hall–Kier alpha value is -3.23. The Morgan fingerprint density at radius 1 is 0.974 bits per heavy atom. The highest BCUT2D eigenvalue weighted by Gasteiger charge is 2.34. The number of hydrogen-bond acceptors (Lipinski definition) is 8. The number of carbonyl (C=O) groups excluding carboxylic acids is 1. The number of Topliss-reactive ketones (excluding diaryl/α,β-unsaturated/α-hetero) is 1. The maximum Gasteiger partial charge on any atom is 0.174 e. The monoisotopic (exact) mass is 528 g/mol. The van der Waals surface area contributed by atoms with Gasteiger partial charge in [0.2, 0.25) is 0 Å². The quantitative estimate of drug-likeness (QED) is 0.179. The van der Waals surface area contributed by atoms with Crippen molar-refractivity contribution in [3.63, 3.8) is 0 Å². The molecular formula is C30H40O8.